The second-order valence-electron chi connectivity index (χ2n) is 6.10. The van der Waals surface area contributed by atoms with Crippen LogP contribution in [-0.2, 0) is 4.43 Å². The minimum atomic E-state index is -1.73. The van der Waals surface area contributed by atoms with Crippen LogP contribution in [0.3, 0.4) is 0 Å². The van der Waals surface area contributed by atoms with Crippen molar-refractivity contribution < 1.29 is 4.43 Å². The van der Waals surface area contributed by atoms with Crippen LogP contribution in [0.4, 0.5) is 0 Å². The van der Waals surface area contributed by atoms with Crippen LogP contribution in [0.15, 0.2) is 0 Å². The summed E-state index contributed by atoms with van der Waals surface area (Å²) in [7, 11) is -1.73. The van der Waals surface area contributed by atoms with Gasteiger partial charge in [-0.3, -0.25) is 0 Å². The summed E-state index contributed by atoms with van der Waals surface area (Å²) >= 11 is 0. The molecule has 100 valence electrons. The normalized spacial score (nSPS) is 14.4. The molecule has 2 nitrogen and oxygen atoms in total. The lowest BCUT2D eigenvalue weighted by Crippen LogP contribution is -2.48. The molecule has 0 radical (unpaired) electrons. The van der Waals surface area contributed by atoms with Crippen molar-refractivity contribution in [2.75, 3.05) is 6.61 Å². The van der Waals surface area contributed by atoms with Gasteiger partial charge in [0.2, 0.25) is 0 Å². The Balaban J connectivity index is 4.77. The Morgan fingerprint density at radius 1 is 0.941 bits per heavy atom. The molecule has 0 fully saturated rings. The second-order valence-corrected chi connectivity index (χ2v) is 11.6. The molecule has 0 aromatic rings. The highest BCUT2D eigenvalue weighted by Gasteiger charge is 2.45. The zero-order chi connectivity index (χ0) is 13.6. The Hall–Kier alpha value is -0.333. The summed E-state index contributed by atoms with van der Waals surface area (Å²) in [6.07, 6.45) is 0.596. The first-order valence-corrected chi connectivity index (χ1v) is 8.93. The molecule has 0 saturated heterocycles. The molecule has 0 aliphatic rings. The van der Waals surface area contributed by atoms with E-state index in [9.17, 15) is 0 Å². The predicted molar refractivity (Wildman–Crippen MR) is 76.4 cm³/mol. The van der Waals surface area contributed by atoms with Crippen LogP contribution < -0.4 is 0 Å². The van der Waals surface area contributed by atoms with Crippen molar-refractivity contribution in [1.82, 2.24) is 0 Å². The lowest BCUT2D eigenvalue weighted by molar-refractivity contribution is 0.231. The molecule has 17 heavy (non-hydrogen) atoms. The summed E-state index contributed by atoms with van der Waals surface area (Å²) < 4.78 is 6.42. The van der Waals surface area contributed by atoms with Crippen molar-refractivity contribution in [3.05, 3.63) is 0 Å². The SMILES string of the molecule is CC(C)[Si](OC[C@@H](C)CC#N)(C(C)C)C(C)C. The quantitative estimate of drug-likeness (QED) is 0.616. The highest BCUT2D eigenvalue weighted by Crippen LogP contribution is 2.42. The number of nitriles is 1. The average Bonchev–Trinajstić information content (AvgIpc) is 2.17. The molecule has 0 unspecified atom stereocenters. The molecule has 0 bridgehead atoms. The topological polar surface area (TPSA) is 33.0 Å². The summed E-state index contributed by atoms with van der Waals surface area (Å²) in [5.41, 5.74) is 1.87. The van der Waals surface area contributed by atoms with Gasteiger partial charge in [0.25, 0.3) is 0 Å². The molecule has 0 N–H and O–H groups in total. The van der Waals surface area contributed by atoms with Crippen LogP contribution in [0.25, 0.3) is 0 Å². The fourth-order valence-corrected chi connectivity index (χ4v) is 8.57. The molecule has 0 aliphatic heterocycles. The smallest absolute Gasteiger partial charge is 0.200 e. The van der Waals surface area contributed by atoms with Gasteiger partial charge in [-0.25, -0.2) is 0 Å². The van der Waals surface area contributed by atoms with E-state index in [4.69, 9.17) is 9.69 Å². The van der Waals surface area contributed by atoms with E-state index in [1.165, 1.54) is 0 Å². The van der Waals surface area contributed by atoms with Crippen molar-refractivity contribution in [3.8, 4) is 6.07 Å². The zero-order valence-electron chi connectivity index (χ0n) is 12.6. The summed E-state index contributed by atoms with van der Waals surface area (Å²) in [6, 6.07) is 2.23. The monoisotopic (exact) mass is 255 g/mol. The van der Waals surface area contributed by atoms with Gasteiger partial charge in [0.1, 0.15) is 0 Å². The highest BCUT2D eigenvalue weighted by molar-refractivity contribution is 6.77. The standard InChI is InChI=1S/C14H29NOSi/c1-11(2)17(12(3)4,13(5)6)16-10-14(7)8-9-15/h11-14H,8,10H2,1-7H3/t14-/m0/s1. The number of hydrogen-bond acceptors (Lipinski definition) is 2. The average molecular weight is 255 g/mol. The van der Waals surface area contributed by atoms with Gasteiger partial charge in [-0.2, -0.15) is 5.26 Å². The van der Waals surface area contributed by atoms with E-state index in [1.807, 2.05) is 0 Å². The zero-order valence-corrected chi connectivity index (χ0v) is 13.6. The fraction of sp³-hybridized carbons (Fsp3) is 0.929. The van der Waals surface area contributed by atoms with Gasteiger partial charge in [-0.1, -0.05) is 48.5 Å². The van der Waals surface area contributed by atoms with Gasteiger partial charge in [-0.15, -0.1) is 0 Å². The molecule has 0 rings (SSSR count). The third kappa shape index (κ3) is 4.12. The van der Waals surface area contributed by atoms with Gasteiger partial charge < -0.3 is 4.43 Å². The summed E-state index contributed by atoms with van der Waals surface area (Å²) in [5.74, 6) is 0.350. The van der Waals surface area contributed by atoms with Crippen LogP contribution in [0.2, 0.25) is 16.6 Å². The predicted octanol–water partition coefficient (Wildman–Crippen LogP) is 4.73. The largest absolute Gasteiger partial charge is 0.416 e. The lowest BCUT2D eigenvalue weighted by Gasteiger charge is -2.42. The molecule has 0 amide bonds. The third-order valence-electron chi connectivity index (χ3n) is 3.76. The number of nitrogens with zero attached hydrogens (tertiary/aromatic N) is 1. The van der Waals surface area contributed by atoms with Crippen LogP contribution >= 0.6 is 0 Å². The molecule has 1 atom stereocenters. The molecular weight excluding hydrogens is 226 g/mol. The molecular formula is C14H29NOSi. The van der Waals surface area contributed by atoms with E-state index < -0.39 is 8.32 Å². The first kappa shape index (κ1) is 16.7. The Kier molecular flexibility index (Phi) is 7.04. The summed E-state index contributed by atoms with van der Waals surface area (Å²) in [5, 5.41) is 8.70. The molecule has 0 aromatic heterocycles. The van der Waals surface area contributed by atoms with Gasteiger partial charge in [-0.05, 0) is 22.5 Å². The molecule has 0 spiro atoms. The first-order valence-electron chi connectivity index (χ1n) is 6.79. The second kappa shape index (κ2) is 7.18. The third-order valence-corrected chi connectivity index (χ3v) is 9.85. The summed E-state index contributed by atoms with van der Waals surface area (Å²) in [4.78, 5) is 0. The van der Waals surface area contributed by atoms with E-state index in [0.717, 1.165) is 6.61 Å². The molecule has 3 heteroatoms. The van der Waals surface area contributed by atoms with Crippen molar-refractivity contribution in [2.24, 2.45) is 5.92 Å². The Morgan fingerprint density at radius 3 is 1.65 bits per heavy atom. The molecule has 0 aliphatic carbocycles. The van der Waals surface area contributed by atoms with Crippen molar-refractivity contribution in [1.29, 1.82) is 5.26 Å². The van der Waals surface area contributed by atoms with Crippen LogP contribution in [0.5, 0.6) is 0 Å². The lowest BCUT2D eigenvalue weighted by atomic mass is 10.1. The maximum absolute atomic E-state index is 8.70. The Bertz CT molecular complexity index is 234. The molecule has 0 aromatic carbocycles. The van der Waals surface area contributed by atoms with Gasteiger partial charge in [0.15, 0.2) is 8.32 Å². The van der Waals surface area contributed by atoms with E-state index in [2.05, 4.69) is 54.5 Å². The van der Waals surface area contributed by atoms with Gasteiger partial charge in [0, 0.05) is 13.0 Å². The minimum absolute atomic E-state index is 0.350. The number of hydrogen-bond donors (Lipinski definition) is 0. The molecule has 0 heterocycles. The maximum atomic E-state index is 8.70. The van der Waals surface area contributed by atoms with Crippen molar-refractivity contribution in [2.45, 2.75) is 71.5 Å². The highest BCUT2D eigenvalue weighted by atomic mass is 28.4. The van der Waals surface area contributed by atoms with Crippen LogP contribution in [0.1, 0.15) is 54.9 Å². The van der Waals surface area contributed by atoms with Crippen molar-refractivity contribution >= 4 is 8.32 Å². The summed E-state index contributed by atoms with van der Waals surface area (Å²) in [6.45, 7) is 16.6. The minimum Gasteiger partial charge on any atom is -0.416 e. The van der Waals surface area contributed by atoms with Gasteiger partial charge >= 0.3 is 0 Å². The van der Waals surface area contributed by atoms with E-state index in [0.29, 0.717) is 29.0 Å². The van der Waals surface area contributed by atoms with E-state index in [-0.39, 0.29) is 0 Å². The van der Waals surface area contributed by atoms with Crippen molar-refractivity contribution in [3.63, 3.8) is 0 Å². The Morgan fingerprint density at radius 2 is 1.35 bits per heavy atom. The van der Waals surface area contributed by atoms with Gasteiger partial charge in [0.05, 0.1) is 6.07 Å². The first-order chi connectivity index (χ1) is 7.78. The van der Waals surface area contributed by atoms with Crippen LogP contribution in [0, 0.1) is 17.2 Å². The fourth-order valence-electron chi connectivity index (χ4n) is 3.00. The molecule has 0 saturated carbocycles. The number of rotatable bonds is 7. The Labute approximate surface area is 108 Å². The van der Waals surface area contributed by atoms with E-state index in [1.54, 1.807) is 0 Å². The maximum Gasteiger partial charge on any atom is 0.200 e. The van der Waals surface area contributed by atoms with Crippen LogP contribution in [-0.4, -0.2) is 14.9 Å². The van der Waals surface area contributed by atoms with E-state index >= 15 is 0 Å².